The van der Waals surface area contributed by atoms with Gasteiger partial charge in [-0.2, -0.15) is 5.01 Å². The lowest BCUT2D eigenvalue weighted by molar-refractivity contribution is -0.132. The second-order valence-corrected chi connectivity index (χ2v) is 7.70. The molecule has 120 valence electrons. The van der Waals surface area contributed by atoms with E-state index >= 15 is 0 Å². The molecule has 2 amide bonds. The van der Waals surface area contributed by atoms with E-state index in [0.29, 0.717) is 9.23 Å². The molecule has 1 aromatic carbocycles. The van der Waals surface area contributed by atoms with Gasteiger partial charge in [-0.05, 0) is 23.8 Å². The van der Waals surface area contributed by atoms with Crippen molar-refractivity contribution in [3.8, 4) is 0 Å². The van der Waals surface area contributed by atoms with Gasteiger partial charge < -0.3 is 4.90 Å². The van der Waals surface area contributed by atoms with Gasteiger partial charge in [0, 0.05) is 30.8 Å². The highest BCUT2D eigenvalue weighted by atomic mass is 32.2. The van der Waals surface area contributed by atoms with Crippen LogP contribution >= 0.6 is 24.0 Å². The molecule has 5 nitrogen and oxygen atoms in total. The summed E-state index contributed by atoms with van der Waals surface area (Å²) in [6.07, 6.45) is 0. The number of benzene rings is 1. The summed E-state index contributed by atoms with van der Waals surface area (Å²) in [5.74, 6) is -0.604. The van der Waals surface area contributed by atoms with E-state index < -0.39 is 0 Å². The van der Waals surface area contributed by atoms with Crippen molar-refractivity contribution < 1.29 is 9.59 Å². The fraction of sp³-hybridized carbons (Fsp3) is 0.312. The number of anilines is 1. The number of para-hydroxylation sites is 1. The fourth-order valence-electron chi connectivity index (χ4n) is 3.16. The molecule has 1 N–H and O–H groups in total. The van der Waals surface area contributed by atoms with Gasteiger partial charge in [0.1, 0.15) is 4.91 Å². The maximum absolute atomic E-state index is 12.7. The van der Waals surface area contributed by atoms with Crippen molar-refractivity contribution in [3.63, 3.8) is 0 Å². The predicted octanol–water partition coefficient (Wildman–Crippen LogP) is 2.54. The second kappa shape index (κ2) is 5.35. The maximum Gasteiger partial charge on any atom is 0.286 e. The van der Waals surface area contributed by atoms with E-state index in [2.05, 4.69) is 25.3 Å². The van der Waals surface area contributed by atoms with Gasteiger partial charge in [0.2, 0.25) is 5.91 Å². The number of amides is 2. The minimum atomic E-state index is -0.324. The molecule has 7 heteroatoms. The van der Waals surface area contributed by atoms with E-state index in [1.165, 1.54) is 24.2 Å². The molecule has 0 aliphatic carbocycles. The van der Waals surface area contributed by atoms with Crippen molar-refractivity contribution in [2.75, 3.05) is 11.9 Å². The van der Waals surface area contributed by atoms with Crippen molar-refractivity contribution in [1.29, 1.82) is 0 Å². The molecule has 2 aliphatic heterocycles. The fourth-order valence-corrected chi connectivity index (χ4v) is 4.60. The van der Waals surface area contributed by atoms with Crippen LogP contribution in [-0.2, 0) is 15.0 Å². The number of likely N-dealkylation sites (N-methyl/N-ethyl adjacent to an activating group) is 1. The van der Waals surface area contributed by atoms with Crippen molar-refractivity contribution in [1.82, 2.24) is 10.4 Å². The average molecular weight is 347 g/mol. The Morgan fingerprint density at radius 2 is 1.96 bits per heavy atom. The number of hydrazine groups is 1. The minimum absolute atomic E-state index is 0.280. The summed E-state index contributed by atoms with van der Waals surface area (Å²) in [4.78, 5) is 26.6. The third-order valence-electron chi connectivity index (χ3n) is 4.12. The summed E-state index contributed by atoms with van der Waals surface area (Å²) in [5.41, 5.74) is 5.33. The largest absolute Gasteiger partial charge is 0.346 e. The van der Waals surface area contributed by atoms with Gasteiger partial charge in [-0.1, -0.05) is 43.8 Å². The zero-order chi connectivity index (χ0) is 16.9. The monoisotopic (exact) mass is 347 g/mol. The average Bonchev–Trinajstić information content (AvgIpc) is 2.85. The van der Waals surface area contributed by atoms with Crippen LogP contribution in [0.3, 0.4) is 0 Å². The van der Waals surface area contributed by atoms with Crippen LogP contribution in [0.4, 0.5) is 5.69 Å². The Balaban J connectivity index is 2.11. The molecule has 1 aromatic rings. The first-order valence-electron chi connectivity index (χ1n) is 7.16. The summed E-state index contributed by atoms with van der Waals surface area (Å²) in [5, 5.41) is 1.15. The summed E-state index contributed by atoms with van der Waals surface area (Å²) in [6, 6.07) is 8.10. The summed E-state index contributed by atoms with van der Waals surface area (Å²) >= 11 is 6.48. The van der Waals surface area contributed by atoms with E-state index in [9.17, 15) is 9.59 Å². The molecule has 2 heterocycles. The topological polar surface area (TPSA) is 52.7 Å². The lowest BCUT2D eigenvalue weighted by Crippen LogP contribution is -2.44. The van der Waals surface area contributed by atoms with E-state index in [1.54, 1.807) is 0 Å². The Hall–Kier alpha value is -1.86. The number of carbonyl (C=O) groups is 2. The lowest BCUT2D eigenvalue weighted by atomic mass is 9.83. The Kier molecular flexibility index (Phi) is 3.72. The molecule has 0 spiro atoms. The number of hydrogen-bond donors (Lipinski definition) is 1. The molecule has 0 aromatic heterocycles. The van der Waals surface area contributed by atoms with Crippen LogP contribution < -0.4 is 10.3 Å². The summed E-state index contributed by atoms with van der Waals surface area (Å²) in [6.45, 7) is 5.54. The van der Waals surface area contributed by atoms with Gasteiger partial charge >= 0.3 is 0 Å². The zero-order valence-corrected chi connectivity index (χ0v) is 15.0. The number of rotatable bonds is 1. The molecule has 0 bridgehead atoms. The van der Waals surface area contributed by atoms with Gasteiger partial charge in [0.05, 0.1) is 0 Å². The molecule has 0 atom stereocenters. The van der Waals surface area contributed by atoms with Gasteiger partial charge in [-0.3, -0.25) is 15.0 Å². The first-order chi connectivity index (χ1) is 10.7. The van der Waals surface area contributed by atoms with Crippen LogP contribution in [0.2, 0.25) is 0 Å². The van der Waals surface area contributed by atoms with Gasteiger partial charge in [0.15, 0.2) is 4.32 Å². The molecule has 0 unspecified atom stereocenters. The Labute approximate surface area is 144 Å². The molecule has 23 heavy (non-hydrogen) atoms. The van der Waals surface area contributed by atoms with Crippen molar-refractivity contribution in [3.05, 3.63) is 40.4 Å². The van der Waals surface area contributed by atoms with Crippen LogP contribution in [0.5, 0.6) is 0 Å². The lowest BCUT2D eigenvalue weighted by Gasteiger charge is -2.25. The molecule has 3 rings (SSSR count). The van der Waals surface area contributed by atoms with Crippen LogP contribution in [0, 0.1) is 0 Å². The molecule has 2 aliphatic rings. The van der Waals surface area contributed by atoms with Crippen LogP contribution in [0.15, 0.2) is 34.9 Å². The normalized spacial score (nSPS) is 22.6. The minimum Gasteiger partial charge on any atom is -0.346 e. The van der Waals surface area contributed by atoms with Gasteiger partial charge in [0.25, 0.3) is 5.91 Å². The van der Waals surface area contributed by atoms with Crippen molar-refractivity contribution in [2.24, 2.45) is 0 Å². The first-order valence-corrected chi connectivity index (χ1v) is 8.39. The molecule has 1 fully saturated rings. The van der Waals surface area contributed by atoms with Crippen LogP contribution in [-0.4, -0.2) is 28.2 Å². The highest BCUT2D eigenvalue weighted by Crippen LogP contribution is 2.50. The Morgan fingerprint density at radius 3 is 2.57 bits per heavy atom. The number of allylic oxidation sites excluding steroid dienone is 1. The number of fused-ring (bicyclic) bond motifs is 1. The quantitative estimate of drug-likeness (QED) is 0.625. The third kappa shape index (κ3) is 2.35. The number of thiocarbonyl (C=S) groups is 1. The molecule has 1 saturated heterocycles. The van der Waals surface area contributed by atoms with E-state index in [4.69, 9.17) is 12.2 Å². The predicted molar refractivity (Wildman–Crippen MR) is 95.7 cm³/mol. The van der Waals surface area contributed by atoms with Crippen LogP contribution in [0.1, 0.15) is 26.3 Å². The Morgan fingerprint density at radius 1 is 1.30 bits per heavy atom. The molecule has 0 saturated carbocycles. The number of thioether (sulfide) groups is 1. The third-order valence-corrected chi connectivity index (χ3v) is 5.48. The van der Waals surface area contributed by atoms with Crippen molar-refractivity contribution >= 4 is 45.8 Å². The van der Waals surface area contributed by atoms with Gasteiger partial charge in [-0.25, -0.2) is 0 Å². The number of carbonyl (C=O) groups excluding carboxylic acids is 2. The van der Waals surface area contributed by atoms with Crippen LogP contribution in [0.25, 0.3) is 0 Å². The van der Waals surface area contributed by atoms with Gasteiger partial charge in [-0.15, -0.1) is 0 Å². The molecule has 0 radical (unpaired) electrons. The first kappa shape index (κ1) is 16.0. The van der Waals surface area contributed by atoms with E-state index in [1.807, 2.05) is 30.1 Å². The summed E-state index contributed by atoms with van der Waals surface area (Å²) in [7, 11) is 1.95. The zero-order valence-electron chi connectivity index (χ0n) is 13.3. The molecular weight excluding hydrogens is 330 g/mol. The van der Waals surface area contributed by atoms with Crippen molar-refractivity contribution in [2.45, 2.75) is 26.2 Å². The molecular formula is C16H17N3O2S2. The Bertz CT molecular complexity index is 770. The number of hydrogen-bond acceptors (Lipinski definition) is 5. The highest BCUT2D eigenvalue weighted by molar-refractivity contribution is 8.26. The maximum atomic E-state index is 12.7. The summed E-state index contributed by atoms with van der Waals surface area (Å²) < 4.78 is 0.341. The SMILES string of the molecule is CC(=O)NN1C(=O)C(=C2N(C)c3ccccc3C2(C)C)SC1=S. The highest BCUT2D eigenvalue weighted by Gasteiger charge is 2.45. The smallest absolute Gasteiger partial charge is 0.286 e. The number of nitrogens with one attached hydrogen (secondary N) is 1. The standard InChI is InChI=1S/C16H17N3O2S2/c1-9(20)17-19-14(21)12(23-15(19)22)13-16(2,3)10-7-5-6-8-11(10)18(13)4/h5-8H,1-4H3,(H,17,20). The van der Waals surface area contributed by atoms with E-state index in [-0.39, 0.29) is 17.2 Å². The second-order valence-electron chi connectivity index (χ2n) is 6.06. The van der Waals surface area contributed by atoms with E-state index in [0.717, 1.165) is 16.4 Å². The number of nitrogens with zero attached hydrogens (tertiary/aromatic N) is 2.